The van der Waals surface area contributed by atoms with Crippen molar-refractivity contribution in [3.05, 3.63) is 33.3 Å². The second-order valence-corrected chi connectivity index (χ2v) is 4.93. The normalized spacial score (nSPS) is 16.6. The summed E-state index contributed by atoms with van der Waals surface area (Å²) in [5.74, 6) is 0.0187. The van der Waals surface area contributed by atoms with Crippen LogP contribution < -0.4 is 0 Å². The van der Waals surface area contributed by atoms with Crippen LogP contribution in [-0.4, -0.2) is 30.6 Å². The SMILES string of the molecule is O=C1COCCN1Cc1ccc(Br)cc1Cl. The Morgan fingerprint density at radius 1 is 1.50 bits per heavy atom. The number of morpholine rings is 1. The predicted octanol–water partition coefficient (Wildman–Crippen LogP) is 2.46. The summed E-state index contributed by atoms with van der Waals surface area (Å²) in [6, 6.07) is 5.68. The van der Waals surface area contributed by atoms with Gasteiger partial charge in [-0.05, 0) is 17.7 Å². The number of rotatable bonds is 2. The summed E-state index contributed by atoms with van der Waals surface area (Å²) in [4.78, 5) is 13.3. The van der Waals surface area contributed by atoms with Crippen molar-refractivity contribution in [2.75, 3.05) is 19.8 Å². The van der Waals surface area contributed by atoms with Crippen molar-refractivity contribution >= 4 is 33.4 Å². The van der Waals surface area contributed by atoms with Gasteiger partial charge in [-0.3, -0.25) is 4.79 Å². The number of ether oxygens (including phenoxy) is 1. The first-order chi connectivity index (χ1) is 7.66. The fourth-order valence-corrected chi connectivity index (χ4v) is 2.31. The highest BCUT2D eigenvalue weighted by molar-refractivity contribution is 9.10. The van der Waals surface area contributed by atoms with Crippen molar-refractivity contribution in [1.29, 1.82) is 0 Å². The minimum atomic E-state index is 0.0187. The maximum atomic E-state index is 11.5. The molecule has 1 aliphatic heterocycles. The van der Waals surface area contributed by atoms with Gasteiger partial charge in [0.1, 0.15) is 6.61 Å². The Morgan fingerprint density at radius 2 is 2.31 bits per heavy atom. The van der Waals surface area contributed by atoms with Crippen LogP contribution >= 0.6 is 27.5 Å². The lowest BCUT2D eigenvalue weighted by atomic mass is 10.2. The van der Waals surface area contributed by atoms with Gasteiger partial charge in [-0.15, -0.1) is 0 Å². The summed E-state index contributed by atoms with van der Waals surface area (Å²) in [7, 11) is 0. The summed E-state index contributed by atoms with van der Waals surface area (Å²) >= 11 is 9.45. The van der Waals surface area contributed by atoms with Crippen LogP contribution in [0.2, 0.25) is 5.02 Å². The van der Waals surface area contributed by atoms with Gasteiger partial charge in [-0.2, -0.15) is 0 Å². The Hall–Kier alpha value is -0.580. The fourth-order valence-electron chi connectivity index (χ4n) is 1.57. The molecule has 1 aromatic carbocycles. The van der Waals surface area contributed by atoms with Gasteiger partial charge >= 0.3 is 0 Å². The summed E-state index contributed by atoms with van der Waals surface area (Å²) in [5.41, 5.74) is 0.958. The summed E-state index contributed by atoms with van der Waals surface area (Å²) in [6.45, 7) is 1.95. The lowest BCUT2D eigenvalue weighted by Gasteiger charge is -2.27. The zero-order valence-corrected chi connectivity index (χ0v) is 10.9. The van der Waals surface area contributed by atoms with Gasteiger partial charge in [0.05, 0.1) is 6.61 Å². The van der Waals surface area contributed by atoms with Crippen LogP contribution in [0.1, 0.15) is 5.56 Å². The third-order valence-corrected chi connectivity index (χ3v) is 3.31. The molecule has 0 atom stereocenters. The Labute approximate surface area is 107 Å². The third-order valence-electron chi connectivity index (χ3n) is 2.46. The molecule has 3 nitrogen and oxygen atoms in total. The molecule has 0 spiro atoms. The van der Waals surface area contributed by atoms with Crippen LogP contribution in [0.5, 0.6) is 0 Å². The van der Waals surface area contributed by atoms with Crippen LogP contribution in [0.4, 0.5) is 0 Å². The third kappa shape index (κ3) is 2.75. The smallest absolute Gasteiger partial charge is 0.248 e. The van der Waals surface area contributed by atoms with E-state index in [4.69, 9.17) is 16.3 Å². The van der Waals surface area contributed by atoms with Crippen molar-refractivity contribution in [3.63, 3.8) is 0 Å². The van der Waals surface area contributed by atoms with E-state index in [0.717, 1.165) is 10.0 Å². The molecule has 1 heterocycles. The first-order valence-electron chi connectivity index (χ1n) is 4.96. The van der Waals surface area contributed by atoms with Crippen LogP contribution in [-0.2, 0) is 16.1 Å². The van der Waals surface area contributed by atoms with E-state index in [1.54, 1.807) is 4.90 Å². The summed E-state index contributed by atoms with van der Waals surface area (Å²) in [5, 5.41) is 0.675. The zero-order valence-electron chi connectivity index (χ0n) is 8.58. The van der Waals surface area contributed by atoms with Gasteiger partial charge in [-0.1, -0.05) is 33.6 Å². The average molecular weight is 305 g/mol. The second kappa shape index (κ2) is 5.17. The van der Waals surface area contributed by atoms with Crippen LogP contribution in [0.3, 0.4) is 0 Å². The standard InChI is InChI=1S/C11H11BrClNO2/c12-9-2-1-8(10(13)5-9)6-14-3-4-16-7-11(14)15/h1-2,5H,3-4,6-7H2. The Kier molecular flexibility index (Phi) is 3.84. The largest absolute Gasteiger partial charge is 0.370 e. The number of halogens is 2. The first kappa shape index (κ1) is 11.9. The van der Waals surface area contributed by atoms with Crippen molar-refractivity contribution in [2.24, 2.45) is 0 Å². The number of hydrogen-bond acceptors (Lipinski definition) is 2. The van der Waals surface area contributed by atoms with E-state index in [0.29, 0.717) is 24.7 Å². The monoisotopic (exact) mass is 303 g/mol. The van der Waals surface area contributed by atoms with Gasteiger partial charge in [0.2, 0.25) is 5.91 Å². The molecule has 1 aliphatic rings. The molecule has 0 N–H and O–H groups in total. The van der Waals surface area contributed by atoms with E-state index < -0.39 is 0 Å². The highest BCUT2D eigenvalue weighted by Gasteiger charge is 2.19. The van der Waals surface area contributed by atoms with E-state index in [2.05, 4.69) is 15.9 Å². The maximum absolute atomic E-state index is 11.5. The molecule has 0 radical (unpaired) electrons. The number of amides is 1. The minimum Gasteiger partial charge on any atom is -0.370 e. The topological polar surface area (TPSA) is 29.5 Å². The molecule has 0 aliphatic carbocycles. The molecule has 5 heteroatoms. The molecular formula is C11H11BrClNO2. The molecular weight excluding hydrogens is 293 g/mol. The highest BCUT2D eigenvalue weighted by Crippen LogP contribution is 2.22. The van der Waals surface area contributed by atoms with Crippen molar-refractivity contribution in [1.82, 2.24) is 4.90 Å². The molecule has 1 fully saturated rings. The molecule has 0 aromatic heterocycles. The van der Waals surface area contributed by atoms with E-state index >= 15 is 0 Å². The molecule has 1 amide bonds. The van der Waals surface area contributed by atoms with E-state index in [1.807, 2.05) is 18.2 Å². The molecule has 0 bridgehead atoms. The Balaban J connectivity index is 2.10. The maximum Gasteiger partial charge on any atom is 0.248 e. The molecule has 0 saturated carbocycles. The van der Waals surface area contributed by atoms with Gasteiger partial charge < -0.3 is 9.64 Å². The fraction of sp³-hybridized carbons (Fsp3) is 0.364. The van der Waals surface area contributed by atoms with Crippen molar-refractivity contribution < 1.29 is 9.53 Å². The second-order valence-electron chi connectivity index (χ2n) is 3.60. The minimum absolute atomic E-state index is 0.0187. The quantitative estimate of drug-likeness (QED) is 0.840. The van der Waals surface area contributed by atoms with Gasteiger partial charge in [-0.25, -0.2) is 0 Å². The highest BCUT2D eigenvalue weighted by atomic mass is 79.9. The number of benzene rings is 1. The lowest BCUT2D eigenvalue weighted by Crippen LogP contribution is -2.40. The summed E-state index contributed by atoms with van der Waals surface area (Å²) in [6.07, 6.45) is 0. The molecule has 1 saturated heterocycles. The van der Waals surface area contributed by atoms with E-state index in [1.165, 1.54) is 0 Å². The van der Waals surface area contributed by atoms with Crippen LogP contribution in [0.25, 0.3) is 0 Å². The molecule has 0 unspecified atom stereocenters. The van der Waals surface area contributed by atoms with Gasteiger partial charge in [0.15, 0.2) is 0 Å². The number of nitrogens with zero attached hydrogens (tertiary/aromatic N) is 1. The zero-order chi connectivity index (χ0) is 11.5. The van der Waals surface area contributed by atoms with Gasteiger partial charge in [0, 0.05) is 22.6 Å². The van der Waals surface area contributed by atoms with Crippen molar-refractivity contribution in [3.8, 4) is 0 Å². The predicted molar refractivity (Wildman–Crippen MR) is 65.4 cm³/mol. The Morgan fingerprint density at radius 3 is 3.00 bits per heavy atom. The molecule has 16 heavy (non-hydrogen) atoms. The number of hydrogen-bond donors (Lipinski definition) is 0. The Bertz CT molecular complexity index is 411. The lowest BCUT2D eigenvalue weighted by molar-refractivity contribution is -0.143. The summed E-state index contributed by atoms with van der Waals surface area (Å²) < 4.78 is 6.01. The molecule has 2 rings (SSSR count). The average Bonchev–Trinajstić information content (AvgIpc) is 2.25. The molecule has 86 valence electrons. The number of carbonyl (C=O) groups is 1. The van der Waals surface area contributed by atoms with E-state index in [-0.39, 0.29) is 12.5 Å². The van der Waals surface area contributed by atoms with Crippen LogP contribution in [0.15, 0.2) is 22.7 Å². The molecule has 1 aromatic rings. The number of carbonyl (C=O) groups excluding carboxylic acids is 1. The van der Waals surface area contributed by atoms with E-state index in [9.17, 15) is 4.79 Å². The van der Waals surface area contributed by atoms with Gasteiger partial charge in [0.25, 0.3) is 0 Å². The van der Waals surface area contributed by atoms with Crippen LogP contribution in [0, 0.1) is 0 Å². The van der Waals surface area contributed by atoms with Crippen molar-refractivity contribution in [2.45, 2.75) is 6.54 Å². The first-order valence-corrected chi connectivity index (χ1v) is 6.13.